The fraction of sp³-hybridized carbons (Fsp3) is 0.556. The number of quaternary nitrogens is 1. The lowest BCUT2D eigenvalue weighted by molar-refractivity contribution is -0.907. The summed E-state index contributed by atoms with van der Waals surface area (Å²) in [4.78, 5) is 11.8. The largest absolute Gasteiger partial charge is 0.332 e. The summed E-state index contributed by atoms with van der Waals surface area (Å²) >= 11 is 0. The molecule has 0 radical (unpaired) electrons. The van der Waals surface area contributed by atoms with Crippen LogP contribution in [0.25, 0.3) is 0 Å². The molecule has 2 bridgehead atoms. The highest BCUT2D eigenvalue weighted by atomic mass is 32.2. The van der Waals surface area contributed by atoms with Crippen LogP contribution < -0.4 is 4.90 Å². The Morgan fingerprint density at radius 2 is 1.88 bits per heavy atom. The van der Waals surface area contributed by atoms with E-state index in [1.165, 1.54) is 46.3 Å². The van der Waals surface area contributed by atoms with E-state index in [-0.39, 0.29) is 10.6 Å². The molecule has 1 saturated heterocycles. The summed E-state index contributed by atoms with van der Waals surface area (Å²) < 4.78 is 27.1. The molecule has 3 aliphatic rings. The van der Waals surface area contributed by atoms with E-state index < -0.39 is 14.9 Å². The van der Waals surface area contributed by atoms with Crippen molar-refractivity contribution < 1.29 is 18.2 Å². The number of piperazine rings is 1. The van der Waals surface area contributed by atoms with Gasteiger partial charge in [-0.3, -0.25) is 10.1 Å². The Morgan fingerprint density at radius 1 is 1.15 bits per heavy atom. The quantitative estimate of drug-likeness (QED) is 0.464. The Bertz CT molecular complexity index is 831. The smallest absolute Gasteiger partial charge is 0.289 e. The molecule has 1 saturated carbocycles. The first kappa shape index (κ1) is 17.6. The number of benzene rings is 1. The topological polar surface area (TPSA) is 85.0 Å². The van der Waals surface area contributed by atoms with Crippen molar-refractivity contribution in [3.8, 4) is 0 Å². The molecule has 140 valence electrons. The van der Waals surface area contributed by atoms with E-state index in [0.717, 1.165) is 31.5 Å². The van der Waals surface area contributed by atoms with Gasteiger partial charge in [-0.1, -0.05) is 24.3 Å². The number of hydrogen-bond acceptors (Lipinski definition) is 4. The van der Waals surface area contributed by atoms with Crippen LogP contribution in [0.2, 0.25) is 0 Å². The zero-order valence-corrected chi connectivity index (χ0v) is 15.4. The van der Waals surface area contributed by atoms with E-state index in [4.69, 9.17) is 0 Å². The zero-order valence-electron chi connectivity index (χ0n) is 14.6. The van der Waals surface area contributed by atoms with E-state index in [1.807, 2.05) is 0 Å². The second kappa shape index (κ2) is 6.75. The van der Waals surface area contributed by atoms with Gasteiger partial charge in [0.25, 0.3) is 5.69 Å². The second-order valence-corrected chi connectivity index (χ2v) is 9.53. The zero-order chi connectivity index (χ0) is 18.3. The summed E-state index contributed by atoms with van der Waals surface area (Å²) in [5.74, 6) is 2.18. The van der Waals surface area contributed by atoms with Gasteiger partial charge >= 0.3 is 0 Å². The third kappa shape index (κ3) is 3.17. The van der Waals surface area contributed by atoms with Gasteiger partial charge in [-0.25, -0.2) is 8.42 Å². The molecule has 8 heteroatoms. The van der Waals surface area contributed by atoms with Crippen LogP contribution in [0.3, 0.4) is 0 Å². The molecule has 2 fully saturated rings. The van der Waals surface area contributed by atoms with E-state index in [2.05, 4.69) is 12.2 Å². The van der Waals surface area contributed by atoms with Gasteiger partial charge in [0.15, 0.2) is 4.90 Å². The molecule has 0 amide bonds. The lowest BCUT2D eigenvalue weighted by Crippen LogP contribution is -3.15. The van der Waals surface area contributed by atoms with Crippen LogP contribution in [-0.2, 0) is 10.0 Å². The minimum Gasteiger partial charge on any atom is -0.332 e. The fourth-order valence-electron chi connectivity index (χ4n) is 4.71. The Labute approximate surface area is 153 Å². The monoisotopic (exact) mass is 378 g/mol. The van der Waals surface area contributed by atoms with Gasteiger partial charge in [0, 0.05) is 12.0 Å². The van der Waals surface area contributed by atoms with Gasteiger partial charge in [0.1, 0.15) is 0 Å². The lowest BCUT2D eigenvalue weighted by Gasteiger charge is -2.33. The summed E-state index contributed by atoms with van der Waals surface area (Å²) in [6, 6.07) is 5.60. The first-order valence-corrected chi connectivity index (χ1v) is 10.6. The number of para-hydroxylation sites is 1. The predicted molar refractivity (Wildman–Crippen MR) is 96.3 cm³/mol. The average Bonchev–Trinajstić information content (AvgIpc) is 3.25. The molecule has 1 N–H and O–H groups in total. The SMILES string of the molecule is O=[N+]([O-])c1ccccc1S(=O)(=O)N1CC[NH+](C[C@H]2C[C@H]3C=C[C@H]2C3)CC1. The van der Waals surface area contributed by atoms with Crippen molar-refractivity contribution >= 4 is 15.7 Å². The number of hydrogen-bond donors (Lipinski definition) is 1. The van der Waals surface area contributed by atoms with Crippen molar-refractivity contribution in [1.29, 1.82) is 0 Å². The first-order valence-electron chi connectivity index (χ1n) is 9.20. The Morgan fingerprint density at radius 3 is 2.50 bits per heavy atom. The maximum Gasteiger partial charge on any atom is 0.289 e. The van der Waals surface area contributed by atoms with Crippen molar-refractivity contribution in [2.75, 3.05) is 32.7 Å². The number of nitrogens with zero attached hydrogens (tertiary/aromatic N) is 2. The van der Waals surface area contributed by atoms with Gasteiger partial charge < -0.3 is 4.90 Å². The van der Waals surface area contributed by atoms with Crippen LogP contribution in [0.15, 0.2) is 41.3 Å². The molecule has 26 heavy (non-hydrogen) atoms. The molecule has 0 unspecified atom stereocenters. The van der Waals surface area contributed by atoms with Crippen LogP contribution in [0, 0.1) is 27.9 Å². The highest BCUT2D eigenvalue weighted by Gasteiger charge is 2.40. The number of nitro benzene ring substituents is 1. The maximum atomic E-state index is 12.9. The van der Waals surface area contributed by atoms with Crippen molar-refractivity contribution in [1.82, 2.24) is 4.31 Å². The summed E-state index contributed by atoms with van der Waals surface area (Å²) in [6.45, 7) is 3.46. The second-order valence-electron chi connectivity index (χ2n) is 7.62. The molecule has 0 spiro atoms. The fourth-order valence-corrected chi connectivity index (χ4v) is 6.31. The van der Waals surface area contributed by atoms with E-state index >= 15 is 0 Å². The van der Waals surface area contributed by atoms with Gasteiger partial charge in [-0.05, 0) is 30.7 Å². The van der Waals surface area contributed by atoms with E-state index in [1.54, 1.807) is 0 Å². The predicted octanol–water partition coefficient (Wildman–Crippen LogP) is 0.696. The lowest BCUT2D eigenvalue weighted by atomic mass is 9.93. The third-order valence-corrected chi connectivity index (χ3v) is 8.02. The standard InChI is InChI=1S/C18H23N3O4S/c22-21(23)17-3-1-2-4-18(17)26(24,25)20-9-7-19(8-10-20)13-16-12-14-5-6-15(16)11-14/h1-6,14-16H,7-13H2/p+1/t14-,15-,16+/m0/s1. The number of allylic oxidation sites excluding steroid dienone is 2. The number of nitrogens with one attached hydrogen (secondary N) is 1. The molecular weight excluding hydrogens is 354 g/mol. The molecule has 1 heterocycles. The number of sulfonamides is 1. The minimum absolute atomic E-state index is 0.202. The van der Waals surface area contributed by atoms with Crippen molar-refractivity contribution in [2.45, 2.75) is 17.7 Å². The number of rotatable bonds is 5. The molecule has 2 aliphatic carbocycles. The van der Waals surface area contributed by atoms with Gasteiger partial charge in [-0.15, -0.1) is 0 Å². The van der Waals surface area contributed by atoms with Crippen LogP contribution in [0.1, 0.15) is 12.8 Å². The molecule has 1 aliphatic heterocycles. The van der Waals surface area contributed by atoms with Gasteiger partial charge in [0.05, 0.1) is 37.6 Å². The third-order valence-electron chi connectivity index (χ3n) is 6.08. The maximum absolute atomic E-state index is 12.9. The molecule has 1 aromatic rings. The van der Waals surface area contributed by atoms with Gasteiger partial charge in [-0.2, -0.15) is 4.31 Å². The van der Waals surface area contributed by atoms with Crippen LogP contribution in [0.4, 0.5) is 5.69 Å². The Kier molecular flexibility index (Phi) is 4.58. The molecule has 7 nitrogen and oxygen atoms in total. The van der Waals surface area contributed by atoms with Crippen LogP contribution in [0.5, 0.6) is 0 Å². The Hall–Kier alpha value is -1.77. The summed E-state index contributed by atoms with van der Waals surface area (Å²) in [5, 5.41) is 11.2. The normalized spacial score (nSPS) is 29.3. The number of nitro groups is 1. The highest BCUT2D eigenvalue weighted by molar-refractivity contribution is 7.89. The molecule has 0 aromatic heterocycles. The van der Waals surface area contributed by atoms with Crippen molar-refractivity contribution in [3.05, 3.63) is 46.5 Å². The Balaban J connectivity index is 1.41. The highest BCUT2D eigenvalue weighted by Crippen LogP contribution is 2.42. The first-order chi connectivity index (χ1) is 12.4. The number of fused-ring (bicyclic) bond motifs is 2. The summed E-state index contributed by atoms with van der Waals surface area (Å²) in [6.07, 6.45) is 7.25. The average molecular weight is 378 g/mol. The van der Waals surface area contributed by atoms with E-state index in [9.17, 15) is 18.5 Å². The van der Waals surface area contributed by atoms with Crippen molar-refractivity contribution in [3.63, 3.8) is 0 Å². The van der Waals surface area contributed by atoms with Crippen LogP contribution >= 0.6 is 0 Å². The summed E-state index contributed by atoms with van der Waals surface area (Å²) in [5.41, 5.74) is -0.351. The summed E-state index contributed by atoms with van der Waals surface area (Å²) in [7, 11) is -3.83. The molecular formula is C18H24N3O4S+. The van der Waals surface area contributed by atoms with Crippen molar-refractivity contribution in [2.24, 2.45) is 17.8 Å². The molecule has 4 rings (SSSR count). The molecule has 1 aromatic carbocycles. The van der Waals surface area contributed by atoms with Gasteiger partial charge in [0.2, 0.25) is 10.0 Å². The minimum atomic E-state index is -3.83. The molecule has 3 atom stereocenters. The van der Waals surface area contributed by atoms with Crippen LogP contribution in [-0.4, -0.2) is 50.4 Å². The van der Waals surface area contributed by atoms with E-state index in [0.29, 0.717) is 19.0 Å².